The molecule has 1 atom stereocenters. The van der Waals surface area contributed by atoms with Gasteiger partial charge in [-0.2, -0.15) is 0 Å². The number of para-hydroxylation sites is 1. The highest BCUT2D eigenvalue weighted by molar-refractivity contribution is 9.10. The number of carbonyl (C=O) groups excluding carboxylic acids is 2. The summed E-state index contributed by atoms with van der Waals surface area (Å²) in [5.74, 6) is -0.883. The maximum absolute atomic E-state index is 13.4. The van der Waals surface area contributed by atoms with Gasteiger partial charge in [-0.25, -0.2) is 0 Å². The van der Waals surface area contributed by atoms with Crippen LogP contribution in [0.5, 0.6) is 5.75 Å². The van der Waals surface area contributed by atoms with E-state index in [1.165, 1.54) is 4.90 Å². The zero-order chi connectivity index (χ0) is 26.2. The second-order valence-electron chi connectivity index (χ2n) is 10.1. The van der Waals surface area contributed by atoms with Crippen LogP contribution in [0.2, 0.25) is 0 Å². The largest absolute Gasteiger partial charge is 0.507 e. The first-order valence-corrected chi connectivity index (χ1v) is 12.6. The molecule has 1 N–H and O–H groups in total. The summed E-state index contributed by atoms with van der Waals surface area (Å²) < 4.78 is 7.04. The number of halogens is 1. The van der Waals surface area contributed by atoms with Gasteiger partial charge in [0.05, 0.1) is 18.2 Å². The summed E-state index contributed by atoms with van der Waals surface area (Å²) in [7, 11) is 0. The Morgan fingerprint density at radius 2 is 1.72 bits per heavy atom. The third-order valence-electron chi connectivity index (χ3n) is 6.06. The topological polar surface area (TPSA) is 66.8 Å². The van der Waals surface area contributed by atoms with Crippen molar-refractivity contribution >= 4 is 33.4 Å². The summed E-state index contributed by atoms with van der Waals surface area (Å²) >= 11 is 3.48. The smallest absolute Gasteiger partial charge is 0.295 e. The van der Waals surface area contributed by atoms with Gasteiger partial charge in [-0.05, 0) is 63.9 Å². The lowest BCUT2D eigenvalue weighted by Gasteiger charge is -2.28. The Bertz CT molecular complexity index is 1370. The highest BCUT2D eigenvalue weighted by Gasteiger charge is 2.46. The number of amides is 1. The summed E-state index contributed by atoms with van der Waals surface area (Å²) in [5.41, 5.74) is 3.59. The highest BCUT2D eigenvalue weighted by Crippen LogP contribution is 2.41. The second kappa shape index (κ2) is 9.94. The lowest BCUT2D eigenvalue weighted by atomic mass is 9.94. The van der Waals surface area contributed by atoms with Crippen molar-refractivity contribution in [1.82, 2.24) is 4.90 Å². The quantitative estimate of drug-likeness (QED) is 0.215. The molecular weight excluding hydrogens is 518 g/mol. The van der Waals surface area contributed by atoms with Gasteiger partial charge in [-0.15, -0.1) is 0 Å². The van der Waals surface area contributed by atoms with Gasteiger partial charge >= 0.3 is 0 Å². The van der Waals surface area contributed by atoms with Gasteiger partial charge in [-0.3, -0.25) is 9.59 Å². The van der Waals surface area contributed by atoms with Gasteiger partial charge in [0.25, 0.3) is 11.7 Å². The van der Waals surface area contributed by atoms with E-state index in [4.69, 9.17) is 4.74 Å². The molecule has 1 aliphatic heterocycles. The average Bonchev–Trinajstić information content (AvgIpc) is 3.05. The highest BCUT2D eigenvalue weighted by atomic mass is 79.9. The van der Waals surface area contributed by atoms with Crippen LogP contribution in [0.3, 0.4) is 0 Å². The number of hydrogen-bond donors (Lipinski definition) is 1. The van der Waals surface area contributed by atoms with E-state index in [0.717, 1.165) is 26.7 Å². The molecule has 1 unspecified atom stereocenters. The van der Waals surface area contributed by atoms with Gasteiger partial charge in [0.15, 0.2) is 0 Å². The van der Waals surface area contributed by atoms with Crippen molar-refractivity contribution in [2.24, 2.45) is 0 Å². The number of aryl methyl sites for hydroxylation is 2. The number of aliphatic hydroxyl groups is 1. The van der Waals surface area contributed by atoms with Gasteiger partial charge in [-0.1, -0.05) is 70.0 Å². The van der Waals surface area contributed by atoms with E-state index >= 15 is 0 Å². The number of ketones is 1. The van der Waals surface area contributed by atoms with Crippen LogP contribution in [0.25, 0.3) is 5.76 Å². The molecule has 36 heavy (non-hydrogen) atoms. The molecule has 0 bridgehead atoms. The van der Waals surface area contributed by atoms with Crippen LogP contribution >= 0.6 is 15.9 Å². The molecule has 3 aromatic rings. The zero-order valence-corrected chi connectivity index (χ0v) is 22.7. The number of hydrogen-bond acceptors (Lipinski definition) is 4. The maximum atomic E-state index is 13.4. The van der Waals surface area contributed by atoms with Crippen molar-refractivity contribution in [1.29, 1.82) is 0 Å². The minimum atomic E-state index is -0.739. The molecule has 0 aliphatic carbocycles. The van der Waals surface area contributed by atoms with Crippen LogP contribution < -0.4 is 4.74 Å². The lowest BCUT2D eigenvalue weighted by Crippen LogP contribution is -2.30. The predicted octanol–water partition coefficient (Wildman–Crippen LogP) is 6.87. The van der Waals surface area contributed by atoms with E-state index in [1.54, 1.807) is 12.1 Å². The number of rotatable bonds is 5. The van der Waals surface area contributed by atoms with Crippen molar-refractivity contribution in [3.63, 3.8) is 0 Å². The summed E-state index contributed by atoms with van der Waals surface area (Å²) in [5, 5.41) is 11.4. The molecule has 1 heterocycles. The Morgan fingerprint density at radius 1 is 1.00 bits per heavy atom. The number of Topliss-reactive ketones (excluding diaryl/α,β-unsaturated/α-hetero) is 1. The van der Waals surface area contributed by atoms with Crippen molar-refractivity contribution in [2.45, 2.75) is 52.8 Å². The zero-order valence-electron chi connectivity index (χ0n) is 21.1. The number of likely N-dealkylation sites (tertiary alicyclic amines) is 1. The molecule has 1 aliphatic rings. The Morgan fingerprint density at radius 3 is 2.39 bits per heavy atom. The molecule has 186 valence electrons. The molecule has 0 radical (unpaired) electrons. The van der Waals surface area contributed by atoms with Gasteiger partial charge in [0.1, 0.15) is 17.1 Å². The van der Waals surface area contributed by atoms with E-state index < -0.39 is 23.3 Å². The van der Waals surface area contributed by atoms with E-state index in [9.17, 15) is 14.7 Å². The molecule has 6 heteroatoms. The number of carbonyl (C=O) groups is 2. The molecule has 1 saturated heterocycles. The second-order valence-corrected chi connectivity index (χ2v) is 11.0. The number of ether oxygens (including phenoxy) is 1. The minimum absolute atomic E-state index is 0.0848. The third-order valence-corrected chi connectivity index (χ3v) is 6.95. The van der Waals surface area contributed by atoms with Crippen LogP contribution in [0.4, 0.5) is 0 Å². The van der Waals surface area contributed by atoms with E-state index in [0.29, 0.717) is 11.3 Å². The molecule has 3 aromatic carbocycles. The molecule has 4 rings (SSSR count). The van der Waals surface area contributed by atoms with Gasteiger partial charge < -0.3 is 14.7 Å². The molecule has 0 spiro atoms. The molecule has 5 nitrogen and oxygen atoms in total. The SMILES string of the molecule is Cc1cccc(C2/C(=C(/O)c3ccc(Br)c(C)c3)C(=O)C(=O)N2Cc2ccccc2OC(C)(C)C)c1. The Labute approximate surface area is 220 Å². The molecular formula is C30H30BrNO4. The lowest BCUT2D eigenvalue weighted by molar-refractivity contribution is -0.140. The Balaban J connectivity index is 1.86. The van der Waals surface area contributed by atoms with E-state index in [1.807, 2.05) is 89.2 Å². The van der Waals surface area contributed by atoms with Crippen LogP contribution in [-0.2, 0) is 16.1 Å². The fourth-order valence-corrected chi connectivity index (χ4v) is 4.67. The molecule has 0 aromatic heterocycles. The normalized spacial score (nSPS) is 17.5. The first-order valence-electron chi connectivity index (χ1n) is 11.8. The predicted molar refractivity (Wildman–Crippen MR) is 145 cm³/mol. The van der Waals surface area contributed by atoms with Gasteiger partial charge in [0.2, 0.25) is 0 Å². The van der Waals surface area contributed by atoms with Crippen LogP contribution in [0.1, 0.15) is 54.6 Å². The summed E-state index contributed by atoms with van der Waals surface area (Å²) in [6.45, 7) is 9.91. The van der Waals surface area contributed by atoms with Crippen molar-refractivity contribution in [3.05, 3.63) is 105 Å². The first-order chi connectivity index (χ1) is 17.0. The fourth-order valence-electron chi connectivity index (χ4n) is 4.42. The van der Waals surface area contributed by atoms with Crippen molar-refractivity contribution in [3.8, 4) is 5.75 Å². The Kier molecular flexibility index (Phi) is 7.10. The average molecular weight is 548 g/mol. The van der Waals surface area contributed by atoms with Crippen LogP contribution in [-0.4, -0.2) is 27.3 Å². The molecule has 1 amide bonds. The monoisotopic (exact) mass is 547 g/mol. The summed E-state index contributed by atoms with van der Waals surface area (Å²) in [6.07, 6.45) is 0. The standard InChI is InChI=1S/C30H30BrNO4/c1-18-9-8-11-20(15-18)26-25(27(33)21-13-14-23(31)19(2)16-21)28(34)29(35)32(26)17-22-10-6-7-12-24(22)36-30(3,4)5/h6-16,26,33H,17H2,1-5H3/b27-25-. The number of nitrogens with zero attached hydrogens (tertiary/aromatic N) is 1. The Hall–Kier alpha value is -3.38. The maximum Gasteiger partial charge on any atom is 0.295 e. The van der Waals surface area contributed by atoms with Gasteiger partial charge in [0, 0.05) is 15.6 Å². The van der Waals surface area contributed by atoms with Crippen molar-refractivity contribution in [2.75, 3.05) is 0 Å². The summed E-state index contributed by atoms with van der Waals surface area (Å²) in [4.78, 5) is 28.4. The van der Waals surface area contributed by atoms with Crippen molar-refractivity contribution < 1.29 is 19.4 Å². The summed E-state index contributed by atoms with van der Waals surface area (Å²) in [6, 6.07) is 19.8. The van der Waals surface area contributed by atoms with E-state index in [2.05, 4.69) is 15.9 Å². The van der Waals surface area contributed by atoms with E-state index in [-0.39, 0.29) is 17.9 Å². The first kappa shape index (κ1) is 25.7. The van der Waals surface area contributed by atoms with Crippen LogP contribution in [0, 0.1) is 13.8 Å². The third kappa shape index (κ3) is 5.24. The fraction of sp³-hybridized carbons (Fsp3) is 0.267. The number of benzene rings is 3. The number of aliphatic hydroxyl groups excluding tert-OH is 1. The molecule has 1 fully saturated rings. The molecule has 0 saturated carbocycles. The van der Waals surface area contributed by atoms with Crippen LogP contribution in [0.15, 0.2) is 76.8 Å². The minimum Gasteiger partial charge on any atom is -0.507 e.